The lowest BCUT2D eigenvalue weighted by Gasteiger charge is -2.32. The van der Waals surface area contributed by atoms with Crippen LogP contribution in [0.15, 0.2) is 60.7 Å². The van der Waals surface area contributed by atoms with Crippen LogP contribution in [-0.4, -0.2) is 81.1 Å². The Bertz CT molecular complexity index is 2200. The van der Waals surface area contributed by atoms with E-state index in [-0.39, 0.29) is 36.3 Å². The summed E-state index contributed by atoms with van der Waals surface area (Å²) < 4.78 is 24.1. The number of piperidine rings is 2. The summed E-state index contributed by atoms with van der Waals surface area (Å²) in [7, 11) is 3.69. The fraction of sp³-hybridized carbons (Fsp3) is 0.439. The van der Waals surface area contributed by atoms with Gasteiger partial charge in [-0.2, -0.15) is 0 Å². The second-order valence-corrected chi connectivity index (χ2v) is 15.5. The third-order valence-corrected chi connectivity index (χ3v) is 12.1. The number of rotatable bonds is 9. The van der Waals surface area contributed by atoms with Gasteiger partial charge in [0.15, 0.2) is 5.82 Å². The average molecular weight is 704 g/mol. The van der Waals surface area contributed by atoms with Crippen LogP contribution < -0.4 is 15.8 Å². The van der Waals surface area contributed by atoms with Crippen molar-refractivity contribution in [3.8, 4) is 17.3 Å². The molecule has 4 heterocycles. The maximum absolute atomic E-state index is 13.8. The minimum Gasteiger partial charge on any atom is -0.494 e. The van der Waals surface area contributed by atoms with Gasteiger partial charge in [0.05, 0.1) is 30.4 Å². The van der Waals surface area contributed by atoms with Gasteiger partial charge in [-0.25, -0.2) is 9.37 Å². The van der Waals surface area contributed by atoms with E-state index >= 15 is 0 Å². The first kappa shape index (κ1) is 33.1. The SMILES string of the molecule is COc1cc(C(=O)N2C[C@H]3CC[C@@H]2[C@@H]3N)cc2nc(-c3cc4cccc(C5CCN(CC(=O)Nc6cccc(F)c6)CC5)c4n3CC3CC3)n(C)c12. The molecule has 52 heavy (non-hydrogen) atoms. The summed E-state index contributed by atoms with van der Waals surface area (Å²) in [4.78, 5) is 36.0. The topological polar surface area (TPSA) is 111 Å². The van der Waals surface area contributed by atoms with Crippen LogP contribution in [0, 0.1) is 17.7 Å². The van der Waals surface area contributed by atoms with Crippen molar-refractivity contribution in [2.24, 2.45) is 24.6 Å². The van der Waals surface area contributed by atoms with Crippen molar-refractivity contribution in [2.75, 3.05) is 38.6 Å². The first-order chi connectivity index (χ1) is 25.2. The summed E-state index contributed by atoms with van der Waals surface area (Å²) >= 11 is 0. The molecule has 0 radical (unpaired) electrons. The molecule has 2 aromatic heterocycles. The summed E-state index contributed by atoms with van der Waals surface area (Å²) in [6.07, 6.45) is 6.39. The standard InChI is InChI=1S/C41H46FN7O3/c1-46-39-32(17-28(19-35(39)52-2)41(51)49-22-27-11-12-33(49)37(27)43)45-40(46)34-18-26-5-3-8-31(38(26)48(34)21-24-9-10-24)25-13-15-47(16-14-25)23-36(50)44-30-7-4-6-29(42)20-30/h3-8,17-20,24-25,27,33,37H,9-16,21-23,43H2,1-2H3,(H,44,50)/t27-,33-,37-/m1/s1. The minimum atomic E-state index is -0.367. The lowest BCUT2D eigenvalue weighted by Crippen LogP contribution is -2.41. The van der Waals surface area contributed by atoms with Gasteiger partial charge in [0.1, 0.15) is 17.1 Å². The third kappa shape index (κ3) is 5.84. The molecule has 4 aliphatic rings. The van der Waals surface area contributed by atoms with Gasteiger partial charge < -0.3 is 29.8 Å². The van der Waals surface area contributed by atoms with Gasteiger partial charge in [0.2, 0.25) is 5.91 Å². The number of carbonyl (C=O) groups is 2. The van der Waals surface area contributed by atoms with Gasteiger partial charge >= 0.3 is 0 Å². The third-order valence-electron chi connectivity index (χ3n) is 12.1. The Morgan fingerprint density at radius 1 is 0.981 bits per heavy atom. The number of nitrogens with one attached hydrogen (secondary N) is 1. The minimum absolute atomic E-state index is 0.000743. The number of fused-ring (bicyclic) bond motifs is 4. The number of halogens is 1. The predicted molar refractivity (Wildman–Crippen MR) is 200 cm³/mol. The predicted octanol–water partition coefficient (Wildman–Crippen LogP) is 6.13. The van der Waals surface area contributed by atoms with Gasteiger partial charge in [-0.1, -0.05) is 24.3 Å². The second kappa shape index (κ2) is 13.0. The number of aromatic nitrogens is 3. The lowest BCUT2D eigenvalue weighted by atomic mass is 9.88. The zero-order valence-corrected chi connectivity index (χ0v) is 29.9. The molecule has 4 fully saturated rings. The fourth-order valence-electron chi connectivity index (χ4n) is 9.26. The van der Waals surface area contributed by atoms with Crippen LogP contribution in [0.5, 0.6) is 5.75 Å². The van der Waals surface area contributed by atoms with E-state index < -0.39 is 0 Å². The summed E-state index contributed by atoms with van der Waals surface area (Å²) in [5.41, 5.74) is 12.8. The highest BCUT2D eigenvalue weighted by Crippen LogP contribution is 2.42. The van der Waals surface area contributed by atoms with Crippen molar-refractivity contribution in [3.63, 3.8) is 0 Å². The van der Waals surface area contributed by atoms with Crippen LogP contribution in [0.2, 0.25) is 0 Å². The van der Waals surface area contributed by atoms with Crippen molar-refractivity contribution in [2.45, 2.75) is 63.1 Å². The summed E-state index contributed by atoms with van der Waals surface area (Å²) in [6.45, 7) is 3.55. The molecule has 5 aromatic rings. The number of methoxy groups -OCH3 is 1. The Balaban J connectivity index is 1.01. The van der Waals surface area contributed by atoms with Crippen molar-refractivity contribution in [1.82, 2.24) is 23.9 Å². The number of benzene rings is 3. The van der Waals surface area contributed by atoms with Gasteiger partial charge in [-0.15, -0.1) is 0 Å². The number of anilines is 1. The number of hydrogen-bond donors (Lipinski definition) is 2. The molecule has 0 unspecified atom stereocenters. The van der Waals surface area contributed by atoms with E-state index in [4.69, 9.17) is 15.5 Å². The zero-order valence-electron chi connectivity index (χ0n) is 29.9. The number of ether oxygens (including phenoxy) is 1. The monoisotopic (exact) mass is 703 g/mol. The Morgan fingerprint density at radius 3 is 2.50 bits per heavy atom. The van der Waals surface area contributed by atoms with E-state index in [2.05, 4.69) is 43.6 Å². The molecule has 3 aromatic carbocycles. The van der Waals surface area contributed by atoms with Gasteiger partial charge in [0.25, 0.3) is 5.91 Å². The van der Waals surface area contributed by atoms with Crippen molar-refractivity contribution < 1.29 is 18.7 Å². The van der Waals surface area contributed by atoms with Gasteiger partial charge in [-0.05, 0) is 111 Å². The van der Waals surface area contributed by atoms with E-state index in [0.717, 1.165) is 67.9 Å². The number of carbonyl (C=O) groups excluding carboxylic acids is 2. The molecule has 2 aliphatic heterocycles. The number of nitrogens with zero attached hydrogens (tertiary/aromatic N) is 5. The highest BCUT2D eigenvalue weighted by atomic mass is 19.1. The number of para-hydroxylation sites is 1. The lowest BCUT2D eigenvalue weighted by molar-refractivity contribution is -0.117. The molecule has 10 nitrogen and oxygen atoms in total. The molecule has 2 bridgehead atoms. The quantitative estimate of drug-likeness (QED) is 0.191. The largest absolute Gasteiger partial charge is 0.494 e. The molecule has 2 saturated carbocycles. The molecule has 2 aliphatic carbocycles. The van der Waals surface area contributed by atoms with Crippen molar-refractivity contribution >= 4 is 39.4 Å². The van der Waals surface area contributed by atoms with Crippen molar-refractivity contribution in [3.05, 3.63) is 77.6 Å². The number of likely N-dealkylation sites (tertiary alicyclic amines) is 2. The number of nitrogens with two attached hydrogens (primary N) is 1. The van der Waals surface area contributed by atoms with E-state index in [1.54, 1.807) is 19.2 Å². The van der Waals surface area contributed by atoms with E-state index in [1.807, 2.05) is 24.1 Å². The first-order valence-electron chi connectivity index (χ1n) is 18.8. The Morgan fingerprint density at radius 2 is 1.79 bits per heavy atom. The van der Waals surface area contributed by atoms with Gasteiger partial charge in [0, 0.05) is 48.9 Å². The smallest absolute Gasteiger partial charge is 0.254 e. The Labute approximate surface area is 302 Å². The fourth-order valence-corrected chi connectivity index (χ4v) is 9.26. The number of imidazole rings is 1. The van der Waals surface area contributed by atoms with Crippen molar-refractivity contribution in [1.29, 1.82) is 0 Å². The second-order valence-electron chi connectivity index (χ2n) is 15.5. The maximum Gasteiger partial charge on any atom is 0.254 e. The van der Waals surface area contributed by atoms with Crippen LogP contribution in [0.25, 0.3) is 33.5 Å². The molecule has 2 amide bonds. The molecule has 3 N–H and O–H groups in total. The number of amides is 2. The zero-order chi connectivity index (χ0) is 35.7. The molecule has 0 spiro atoms. The van der Waals surface area contributed by atoms with E-state index in [9.17, 15) is 14.0 Å². The number of hydrogen-bond acceptors (Lipinski definition) is 6. The molecule has 270 valence electrons. The first-order valence-corrected chi connectivity index (χ1v) is 18.8. The summed E-state index contributed by atoms with van der Waals surface area (Å²) in [6, 6.07) is 18.9. The van der Waals surface area contributed by atoms with Crippen LogP contribution >= 0.6 is 0 Å². The Hall–Kier alpha value is -4.74. The highest BCUT2D eigenvalue weighted by molar-refractivity contribution is 6.01. The summed E-state index contributed by atoms with van der Waals surface area (Å²) in [5.74, 6) is 2.37. The van der Waals surface area contributed by atoms with Crippen LogP contribution in [0.3, 0.4) is 0 Å². The van der Waals surface area contributed by atoms with Gasteiger partial charge in [-0.3, -0.25) is 14.5 Å². The molecule has 3 atom stereocenters. The Kier molecular flexibility index (Phi) is 8.30. The highest BCUT2D eigenvalue weighted by Gasteiger charge is 2.47. The normalized spacial score (nSPS) is 22.2. The maximum atomic E-state index is 13.8. The average Bonchev–Trinajstić information content (AvgIpc) is 3.53. The molecule has 2 saturated heterocycles. The van der Waals surface area contributed by atoms with E-state index in [1.165, 1.54) is 41.4 Å². The number of aryl methyl sites for hydroxylation is 1. The van der Waals surface area contributed by atoms with Crippen LogP contribution in [-0.2, 0) is 18.4 Å². The van der Waals surface area contributed by atoms with E-state index in [0.29, 0.717) is 41.3 Å². The van der Waals surface area contributed by atoms with Crippen LogP contribution in [0.1, 0.15) is 60.4 Å². The summed E-state index contributed by atoms with van der Waals surface area (Å²) in [5, 5.41) is 4.03. The molecule has 9 rings (SSSR count). The molecular formula is C41H46FN7O3. The molecular weight excluding hydrogens is 657 g/mol. The molecule has 11 heteroatoms. The van der Waals surface area contributed by atoms with Crippen LogP contribution in [0.4, 0.5) is 10.1 Å².